The first-order valence-electron chi connectivity index (χ1n) is 11.9. The molecule has 0 aliphatic carbocycles. The van der Waals surface area contributed by atoms with Gasteiger partial charge in [0.25, 0.3) is 5.91 Å². The minimum absolute atomic E-state index is 0.161. The molecule has 0 radical (unpaired) electrons. The molecule has 0 spiro atoms. The number of anilines is 1. The summed E-state index contributed by atoms with van der Waals surface area (Å²) in [7, 11) is 0. The Hall–Kier alpha value is -2.29. The van der Waals surface area contributed by atoms with Crippen LogP contribution in [0, 0.1) is 0 Å². The van der Waals surface area contributed by atoms with Crippen molar-refractivity contribution in [2.24, 2.45) is 0 Å². The van der Waals surface area contributed by atoms with Crippen LogP contribution in [0.25, 0.3) is 0 Å². The number of rotatable bonds is 15. The van der Waals surface area contributed by atoms with Gasteiger partial charge in [0.05, 0.1) is 0 Å². The van der Waals surface area contributed by atoms with Gasteiger partial charge in [0, 0.05) is 11.3 Å². The van der Waals surface area contributed by atoms with Crippen molar-refractivity contribution in [3.8, 4) is 5.75 Å². The Bertz CT molecular complexity index is 707. The Morgan fingerprint density at radius 3 is 1.73 bits per heavy atom. The fourth-order valence-electron chi connectivity index (χ4n) is 3.74. The topological polar surface area (TPSA) is 49.3 Å². The van der Waals surface area contributed by atoms with Gasteiger partial charge < -0.3 is 10.4 Å². The van der Waals surface area contributed by atoms with Crippen molar-refractivity contribution in [1.29, 1.82) is 0 Å². The zero-order chi connectivity index (χ0) is 21.4. The summed E-state index contributed by atoms with van der Waals surface area (Å²) in [4.78, 5) is 12.2. The number of benzene rings is 2. The number of unbranched alkanes of at least 4 members (excludes halogenated alkanes) is 11. The Kier molecular flexibility index (Phi) is 11.7. The first-order chi connectivity index (χ1) is 14.7. The second-order valence-corrected chi connectivity index (χ2v) is 8.34. The van der Waals surface area contributed by atoms with E-state index >= 15 is 0 Å². The van der Waals surface area contributed by atoms with Gasteiger partial charge >= 0.3 is 0 Å². The Morgan fingerprint density at radius 2 is 1.20 bits per heavy atom. The average Bonchev–Trinajstić information content (AvgIpc) is 2.76. The van der Waals surface area contributed by atoms with Crippen molar-refractivity contribution in [2.45, 2.75) is 90.4 Å². The third kappa shape index (κ3) is 9.96. The van der Waals surface area contributed by atoms with Crippen molar-refractivity contribution >= 4 is 11.6 Å². The Morgan fingerprint density at radius 1 is 0.700 bits per heavy atom. The molecule has 0 atom stereocenters. The lowest BCUT2D eigenvalue weighted by Gasteiger charge is -2.07. The third-order valence-electron chi connectivity index (χ3n) is 5.66. The molecule has 0 heterocycles. The Labute approximate surface area is 182 Å². The molecule has 2 N–H and O–H groups in total. The predicted molar refractivity (Wildman–Crippen MR) is 127 cm³/mol. The lowest BCUT2D eigenvalue weighted by atomic mass is 10.0. The van der Waals surface area contributed by atoms with E-state index in [4.69, 9.17) is 0 Å². The molecule has 0 bridgehead atoms. The molecule has 1 amide bonds. The van der Waals surface area contributed by atoms with Gasteiger partial charge in [0.1, 0.15) is 5.75 Å². The molecule has 0 aliphatic rings. The van der Waals surface area contributed by atoms with E-state index in [0.29, 0.717) is 5.56 Å². The van der Waals surface area contributed by atoms with Crippen LogP contribution in [-0.2, 0) is 6.42 Å². The molecular formula is C27H39NO2. The molecule has 0 unspecified atom stereocenters. The van der Waals surface area contributed by atoms with E-state index in [2.05, 4.69) is 24.4 Å². The number of aromatic hydroxyl groups is 1. The number of hydrogen-bond donors (Lipinski definition) is 2. The number of carbonyl (C=O) groups excluding carboxylic acids is 1. The molecule has 2 aromatic carbocycles. The molecule has 0 fully saturated rings. The monoisotopic (exact) mass is 409 g/mol. The van der Waals surface area contributed by atoms with Gasteiger partial charge in [-0.05, 0) is 54.8 Å². The molecule has 30 heavy (non-hydrogen) atoms. The second kappa shape index (κ2) is 14.7. The average molecular weight is 410 g/mol. The number of aryl methyl sites for hydroxylation is 1. The molecule has 2 rings (SSSR count). The predicted octanol–water partition coefficient (Wildman–Crippen LogP) is 7.89. The van der Waals surface area contributed by atoms with Crippen LogP contribution < -0.4 is 5.32 Å². The zero-order valence-electron chi connectivity index (χ0n) is 18.7. The molecule has 3 nitrogen and oxygen atoms in total. The number of carbonyl (C=O) groups is 1. The van der Waals surface area contributed by atoms with Crippen molar-refractivity contribution < 1.29 is 9.90 Å². The van der Waals surface area contributed by atoms with E-state index in [-0.39, 0.29) is 11.7 Å². The summed E-state index contributed by atoms with van der Waals surface area (Å²) in [6, 6.07) is 14.4. The maximum Gasteiger partial charge on any atom is 0.255 e. The van der Waals surface area contributed by atoms with E-state index < -0.39 is 0 Å². The summed E-state index contributed by atoms with van der Waals surface area (Å²) in [5.41, 5.74) is 2.66. The Balaban J connectivity index is 1.53. The van der Waals surface area contributed by atoms with Crippen molar-refractivity contribution in [3.63, 3.8) is 0 Å². The highest BCUT2D eigenvalue weighted by atomic mass is 16.3. The van der Waals surface area contributed by atoms with Crippen LogP contribution in [-0.4, -0.2) is 11.0 Å². The van der Waals surface area contributed by atoms with Crippen molar-refractivity contribution in [2.75, 3.05) is 5.32 Å². The van der Waals surface area contributed by atoms with Gasteiger partial charge in [0.2, 0.25) is 0 Å². The maximum atomic E-state index is 12.2. The van der Waals surface area contributed by atoms with Gasteiger partial charge in [-0.2, -0.15) is 0 Å². The van der Waals surface area contributed by atoms with Crippen LogP contribution in [0.5, 0.6) is 5.75 Å². The van der Waals surface area contributed by atoms with Gasteiger partial charge in [-0.15, -0.1) is 0 Å². The number of phenols is 1. The number of phenolic OH excluding ortho intramolecular Hbond substituents is 1. The van der Waals surface area contributed by atoms with Gasteiger partial charge in [-0.1, -0.05) is 89.7 Å². The van der Waals surface area contributed by atoms with Crippen LogP contribution in [0.15, 0.2) is 48.5 Å². The fraction of sp³-hybridized carbons (Fsp3) is 0.519. The van der Waals surface area contributed by atoms with E-state index in [0.717, 1.165) is 12.1 Å². The number of nitrogens with one attached hydrogen (secondary N) is 1. The highest BCUT2D eigenvalue weighted by Gasteiger charge is 2.06. The smallest absolute Gasteiger partial charge is 0.255 e. The van der Waals surface area contributed by atoms with Crippen molar-refractivity contribution in [3.05, 3.63) is 59.7 Å². The molecule has 2 aromatic rings. The minimum atomic E-state index is -0.163. The van der Waals surface area contributed by atoms with Gasteiger partial charge in [0.15, 0.2) is 0 Å². The van der Waals surface area contributed by atoms with Gasteiger partial charge in [-0.25, -0.2) is 0 Å². The fourth-order valence-corrected chi connectivity index (χ4v) is 3.74. The van der Waals surface area contributed by atoms with Crippen LogP contribution >= 0.6 is 0 Å². The van der Waals surface area contributed by atoms with Crippen LogP contribution in [0.1, 0.15) is 99.9 Å². The molecule has 0 saturated heterocycles. The number of amides is 1. The SMILES string of the molecule is CCCCCCCCCCCCCCc1ccc(NC(=O)c2ccc(O)cc2)cc1. The second-order valence-electron chi connectivity index (χ2n) is 8.34. The van der Waals surface area contributed by atoms with Gasteiger partial charge in [-0.3, -0.25) is 4.79 Å². The van der Waals surface area contributed by atoms with Crippen LogP contribution in [0.4, 0.5) is 5.69 Å². The summed E-state index contributed by atoms with van der Waals surface area (Å²) in [5.74, 6) is -0.00239. The summed E-state index contributed by atoms with van der Waals surface area (Å²) in [6.07, 6.45) is 17.6. The molecular weight excluding hydrogens is 370 g/mol. The van der Waals surface area contributed by atoms with E-state index in [1.807, 2.05) is 12.1 Å². The summed E-state index contributed by atoms with van der Waals surface area (Å²) >= 11 is 0. The number of hydrogen-bond acceptors (Lipinski definition) is 2. The lowest BCUT2D eigenvalue weighted by Crippen LogP contribution is -2.11. The highest BCUT2D eigenvalue weighted by Crippen LogP contribution is 2.16. The van der Waals surface area contributed by atoms with Crippen LogP contribution in [0.2, 0.25) is 0 Å². The maximum absolute atomic E-state index is 12.2. The zero-order valence-corrected chi connectivity index (χ0v) is 18.7. The standard InChI is InChI=1S/C27H39NO2/c1-2-3-4-5-6-7-8-9-10-11-12-13-14-23-15-19-25(20-16-23)28-27(30)24-17-21-26(29)22-18-24/h15-22,29H,2-14H2,1H3,(H,28,30). The van der Waals surface area contributed by atoms with Crippen LogP contribution in [0.3, 0.4) is 0 Å². The first kappa shape index (κ1) is 24.0. The lowest BCUT2D eigenvalue weighted by molar-refractivity contribution is 0.102. The third-order valence-corrected chi connectivity index (χ3v) is 5.66. The minimum Gasteiger partial charge on any atom is -0.508 e. The van der Waals surface area contributed by atoms with E-state index in [9.17, 15) is 9.90 Å². The molecule has 0 saturated carbocycles. The van der Waals surface area contributed by atoms with E-state index in [1.54, 1.807) is 12.1 Å². The summed E-state index contributed by atoms with van der Waals surface area (Å²) < 4.78 is 0. The molecule has 0 aliphatic heterocycles. The molecule has 3 heteroatoms. The highest BCUT2D eigenvalue weighted by molar-refractivity contribution is 6.04. The van der Waals surface area contributed by atoms with Crippen molar-refractivity contribution in [1.82, 2.24) is 0 Å². The molecule has 164 valence electrons. The quantitative estimate of drug-likeness (QED) is 0.294. The van der Waals surface area contributed by atoms with E-state index in [1.165, 1.54) is 94.7 Å². The largest absolute Gasteiger partial charge is 0.508 e. The molecule has 0 aromatic heterocycles. The summed E-state index contributed by atoms with van der Waals surface area (Å²) in [6.45, 7) is 2.27. The summed E-state index contributed by atoms with van der Waals surface area (Å²) in [5, 5.41) is 12.2. The normalized spacial score (nSPS) is 10.8. The first-order valence-corrected chi connectivity index (χ1v) is 11.9.